The predicted molar refractivity (Wildman–Crippen MR) is 93.4 cm³/mol. The van der Waals surface area contributed by atoms with Gasteiger partial charge in [-0.25, -0.2) is 8.42 Å². The smallest absolute Gasteiger partial charge is 0.261 e. The maximum Gasteiger partial charge on any atom is 0.261 e. The molecule has 0 aliphatic heterocycles. The lowest BCUT2D eigenvalue weighted by Crippen LogP contribution is -2.12. The lowest BCUT2D eigenvalue weighted by molar-refractivity contribution is -0.112. The van der Waals surface area contributed by atoms with Crippen LogP contribution in [-0.4, -0.2) is 14.2 Å². The highest BCUT2D eigenvalue weighted by Gasteiger charge is 2.15. The van der Waals surface area contributed by atoms with Crippen molar-refractivity contribution < 1.29 is 13.2 Å². The maximum absolute atomic E-state index is 12.3. The number of rotatable bonds is 5. The highest BCUT2D eigenvalue weighted by atomic mass is 35.5. The molecule has 1 N–H and O–H groups in total. The second-order valence-electron chi connectivity index (χ2n) is 4.75. The monoisotopic (exact) mass is 369 g/mol. The molecule has 0 fully saturated rings. The number of carbonyl (C=O) groups excluding carboxylic acids is 1. The minimum absolute atomic E-state index is 0.0208. The Bertz CT molecular complexity index is 859. The van der Waals surface area contributed by atoms with Gasteiger partial charge in [0, 0.05) is 5.69 Å². The molecule has 0 aromatic heterocycles. The van der Waals surface area contributed by atoms with Crippen LogP contribution in [0.5, 0.6) is 0 Å². The number of benzene rings is 2. The van der Waals surface area contributed by atoms with E-state index >= 15 is 0 Å². The van der Waals surface area contributed by atoms with Gasteiger partial charge in [-0.05, 0) is 48.9 Å². The van der Waals surface area contributed by atoms with Crippen LogP contribution in [0.15, 0.2) is 53.4 Å². The van der Waals surface area contributed by atoms with Gasteiger partial charge in [0.1, 0.15) is 0 Å². The van der Waals surface area contributed by atoms with Crippen molar-refractivity contribution in [2.24, 2.45) is 0 Å². The topological polar surface area (TPSA) is 63.2 Å². The summed E-state index contributed by atoms with van der Waals surface area (Å²) in [4.78, 5) is 10.9. The van der Waals surface area contributed by atoms with Gasteiger partial charge in [0.05, 0.1) is 14.9 Å². The van der Waals surface area contributed by atoms with Crippen LogP contribution in [0.1, 0.15) is 12.5 Å². The van der Waals surface area contributed by atoms with Crippen molar-refractivity contribution in [2.45, 2.75) is 11.8 Å². The van der Waals surface area contributed by atoms with Gasteiger partial charge in [-0.1, -0.05) is 41.4 Å². The summed E-state index contributed by atoms with van der Waals surface area (Å²) in [5.41, 5.74) is 1.19. The summed E-state index contributed by atoms with van der Waals surface area (Å²) in [6.45, 7) is 1.45. The standard InChI is InChI=1S/C16H13Cl2NO3S/c1-11(20)2-3-12-4-6-13(7-5-12)19-23(21,22)14-8-9-15(17)16(18)10-14/h2-10,19H,1H3/b3-2+. The van der Waals surface area contributed by atoms with E-state index in [1.165, 1.54) is 31.2 Å². The van der Waals surface area contributed by atoms with Crippen molar-refractivity contribution in [1.82, 2.24) is 0 Å². The number of nitrogens with one attached hydrogen (secondary N) is 1. The quantitative estimate of drug-likeness (QED) is 0.794. The number of halogens is 2. The van der Waals surface area contributed by atoms with Crippen LogP contribution < -0.4 is 4.72 Å². The first-order chi connectivity index (χ1) is 10.8. The van der Waals surface area contributed by atoms with Crippen molar-refractivity contribution in [1.29, 1.82) is 0 Å². The third-order valence-corrected chi connectivity index (χ3v) is 4.99. The number of hydrogen-bond donors (Lipinski definition) is 1. The van der Waals surface area contributed by atoms with Gasteiger partial charge in [-0.2, -0.15) is 0 Å². The van der Waals surface area contributed by atoms with Crippen LogP contribution in [0.2, 0.25) is 10.0 Å². The average Bonchev–Trinajstić information content (AvgIpc) is 2.49. The number of sulfonamides is 1. The molecule has 0 spiro atoms. The second kappa shape index (κ2) is 7.17. The third kappa shape index (κ3) is 4.82. The molecule has 0 bridgehead atoms. The maximum atomic E-state index is 12.3. The zero-order chi connectivity index (χ0) is 17.0. The van der Waals surface area contributed by atoms with Crippen molar-refractivity contribution in [3.8, 4) is 0 Å². The molecule has 0 saturated heterocycles. The molecule has 0 amide bonds. The first kappa shape index (κ1) is 17.5. The van der Waals surface area contributed by atoms with Crippen molar-refractivity contribution in [3.05, 3.63) is 64.1 Å². The van der Waals surface area contributed by atoms with Crippen LogP contribution >= 0.6 is 23.2 Å². The Hall–Kier alpha value is -1.82. The first-order valence-electron chi connectivity index (χ1n) is 6.54. The minimum Gasteiger partial charge on any atom is -0.295 e. The van der Waals surface area contributed by atoms with Gasteiger partial charge in [-0.3, -0.25) is 9.52 Å². The molecule has 0 heterocycles. The van der Waals surface area contributed by atoms with E-state index in [0.717, 1.165) is 5.56 Å². The number of carbonyl (C=O) groups is 1. The molecule has 2 aromatic rings. The van der Waals surface area contributed by atoms with E-state index in [0.29, 0.717) is 5.69 Å². The lowest BCUT2D eigenvalue weighted by atomic mass is 10.2. The number of hydrogen-bond acceptors (Lipinski definition) is 3. The van der Waals surface area contributed by atoms with E-state index in [-0.39, 0.29) is 20.7 Å². The lowest BCUT2D eigenvalue weighted by Gasteiger charge is -2.09. The highest BCUT2D eigenvalue weighted by molar-refractivity contribution is 7.92. The molecule has 0 saturated carbocycles. The SMILES string of the molecule is CC(=O)/C=C/c1ccc(NS(=O)(=O)c2ccc(Cl)c(Cl)c2)cc1. The van der Waals surface area contributed by atoms with E-state index in [1.807, 2.05) is 0 Å². The molecule has 4 nitrogen and oxygen atoms in total. The zero-order valence-corrected chi connectivity index (χ0v) is 14.4. The van der Waals surface area contributed by atoms with Crippen LogP contribution in [-0.2, 0) is 14.8 Å². The number of allylic oxidation sites excluding steroid dienone is 1. The molecule has 0 unspecified atom stereocenters. The molecular formula is C16H13Cl2NO3S. The Kier molecular flexibility index (Phi) is 5.46. The molecule has 7 heteroatoms. The second-order valence-corrected chi connectivity index (χ2v) is 7.24. The Morgan fingerprint density at radius 1 is 1.04 bits per heavy atom. The summed E-state index contributed by atoms with van der Waals surface area (Å²) in [7, 11) is -3.76. The fourth-order valence-electron chi connectivity index (χ4n) is 1.73. The molecule has 23 heavy (non-hydrogen) atoms. The molecule has 0 atom stereocenters. The van der Waals surface area contributed by atoms with Crippen molar-refractivity contribution in [2.75, 3.05) is 4.72 Å². The largest absolute Gasteiger partial charge is 0.295 e. The summed E-state index contributed by atoms with van der Waals surface area (Å²) >= 11 is 11.6. The normalized spacial score (nSPS) is 11.6. The van der Waals surface area contributed by atoms with Crippen LogP contribution in [0.25, 0.3) is 6.08 Å². The van der Waals surface area contributed by atoms with E-state index in [1.54, 1.807) is 30.3 Å². The van der Waals surface area contributed by atoms with E-state index < -0.39 is 10.0 Å². The van der Waals surface area contributed by atoms with Crippen molar-refractivity contribution in [3.63, 3.8) is 0 Å². The van der Waals surface area contributed by atoms with Gasteiger partial charge in [0.15, 0.2) is 5.78 Å². The number of ketones is 1. The summed E-state index contributed by atoms with van der Waals surface area (Å²) < 4.78 is 27.0. The Labute approximate surface area is 144 Å². The van der Waals surface area contributed by atoms with Gasteiger partial charge < -0.3 is 0 Å². The van der Waals surface area contributed by atoms with Crippen LogP contribution in [0.3, 0.4) is 0 Å². The van der Waals surface area contributed by atoms with Gasteiger partial charge in [-0.15, -0.1) is 0 Å². The van der Waals surface area contributed by atoms with E-state index in [2.05, 4.69) is 4.72 Å². The Balaban J connectivity index is 2.20. The van der Waals surface area contributed by atoms with E-state index in [4.69, 9.17) is 23.2 Å². The molecular weight excluding hydrogens is 357 g/mol. The average molecular weight is 370 g/mol. The predicted octanol–water partition coefficient (Wildman–Crippen LogP) is 4.40. The van der Waals surface area contributed by atoms with Crippen LogP contribution in [0, 0.1) is 0 Å². The van der Waals surface area contributed by atoms with Crippen LogP contribution in [0.4, 0.5) is 5.69 Å². The number of anilines is 1. The van der Waals surface area contributed by atoms with Gasteiger partial charge in [0.25, 0.3) is 10.0 Å². The Morgan fingerprint density at radius 2 is 1.70 bits per heavy atom. The fourth-order valence-corrected chi connectivity index (χ4v) is 3.18. The molecule has 0 aliphatic rings. The molecule has 2 rings (SSSR count). The molecule has 0 radical (unpaired) electrons. The summed E-state index contributed by atoms with van der Waals surface area (Å²) in [5.74, 6) is -0.0607. The third-order valence-electron chi connectivity index (χ3n) is 2.87. The molecule has 0 aliphatic carbocycles. The fraction of sp³-hybridized carbons (Fsp3) is 0.0625. The zero-order valence-electron chi connectivity index (χ0n) is 12.1. The highest BCUT2D eigenvalue weighted by Crippen LogP contribution is 2.26. The van der Waals surface area contributed by atoms with Gasteiger partial charge in [0.2, 0.25) is 0 Å². The summed E-state index contributed by atoms with van der Waals surface area (Å²) in [6, 6.07) is 10.7. The van der Waals surface area contributed by atoms with Crippen molar-refractivity contribution >= 4 is 50.8 Å². The van der Waals surface area contributed by atoms with E-state index in [9.17, 15) is 13.2 Å². The first-order valence-corrected chi connectivity index (χ1v) is 8.78. The minimum atomic E-state index is -3.76. The van der Waals surface area contributed by atoms with Gasteiger partial charge >= 0.3 is 0 Å². The summed E-state index contributed by atoms with van der Waals surface area (Å²) in [5, 5.41) is 0.450. The Morgan fingerprint density at radius 3 is 2.26 bits per heavy atom. The molecule has 2 aromatic carbocycles. The molecule has 120 valence electrons. The summed E-state index contributed by atoms with van der Waals surface area (Å²) in [6.07, 6.45) is 3.09.